The molecule has 2 aromatic rings. The van der Waals surface area contributed by atoms with Gasteiger partial charge in [-0.1, -0.05) is 23.9 Å². The van der Waals surface area contributed by atoms with Crippen LogP contribution < -0.4 is 5.32 Å². The van der Waals surface area contributed by atoms with Crippen molar-refractivity contribution in [1.82, 2.24) is 20.2 Å². The van der Waals surface area contributed by atoms with Gasteiger partial charge < -0.3 is 10.4 Å². The summed E-state index contributed by atoms with van der Waals surface area (Å²) in [6.45, 7) is 1.60. The Morgan fingerprint density at radius 1 is 1.43 bits per heavy atom. The second kappa shape index (κ2) is 6.84. The fourth-order valence-electron chi connectivity index (χ4n) is 1.58. The highest BCUT2D eigenvalue weighted by Gasteiger charge is 2.12. The number of nitrogens with one attached hydrogen (secondary N) is 1. The van der Waals surface area contributed by atoms with Crippen molar-refractivity contribution in [3.05, 3.63) is 29.8 Å². The Kier molecular flexibility index (Phi) is 4.88. The topological polar surface area (TPSA) is 110 Å². The Hall–Kier alpha value is -2.42. The molecule has 0 saturated heterocycles. The first-order valence-corrected chi connectivity index (χ1v) is 7.00. The lowest BCUT2D eigenvalue weighted by molar-refractivity contribution is -0.138. The molecule has 0 radical (unpaired) electrons. The normalized spacial score (nSPS) is 10.3. The van der Waals surface area contributed by atoms with Crippen molar-refractivity contribution in [3.63, 3.8) is 0 Å². The number of aliphatic carboxylic acids is 1. The number of tetrazole rings is 1. The molecule has 0 fully saturated rings. The van der Waals surface area contributed by atoms with Gasteiger partial charge in [0.25, 0.3) is 0 Å². The molecule has 0 spiro atoms. The molecular weight excluding hydrogens is 294 g/mol. The molecule has 21 heavy (non-hydrogen) atoms. The number of hydrogen-bond donors (Lipinski definition) is 2. The molecule has 0 bridgehead atoms. The van der Waals surface area contributed by atoms with Crippen LogP contribution in [0.25, 0.3) is 0 Å². The summed E-state index contributed by atoms with van der Waals surface area (Å²) in [4.78, 5) is 22.5. The van der Waals surface area contributed by atoms with Crippen molar-refractivity contribution in [2.75, 3.05) is 11.1 Å². The van der Waals surface area contributed by atoms with Crippen molar-refractivity contribution < 1.29 is 14.7 Å². The molecule has 1 aromatic carbocycles. The Morgan fingerprint density at radius 2 is 2.24 bits per heavy atom. The van der Waals surface area contributed by atoms with Crippen LogP contribution in [-0.4, -0.2) is 42.9 Å². The number of aromatic nitrogens is 4. The number of hydrogen-bond acceptors (Lipinski definition) is 6. The van der Waals surface area contributed by atoms with Gasteiger partial charge in [0.15, 0.2) is 0 Å². The fraction of sp³-hybridized carbons (Fsp3) is 0.250. The molecule has 0 aliphatic heterocycles. The SMILES string of the molecule is Cc1cccc(NC(=O)CSc2nnnn2CC(=O)O)c1. The zero-order valence-corrected chi connectivity index (χ0v) is 12.0. The quantitative estimate of drug-likeness (QED) is 0.759. The van der Waals surface area contributed by atoms with Crippen LogP contribution in [-0.2, 0) is 16.1 Å². The first kappa shape index (κ1) is 15.0. The standard InChI is InChI=1S/C12H13N5O3S/c1-8-3-2-4-9(5-8)13-10(18)7-21-12-14-15-16-17(12)6-11(19)20/h2-5H,6-7H2,1H3,(H,13,18)(H,19,20). The maximum atomic E-state index is 11.8. The van der Waals surface area contributed by atoms with E-state index in [0.29, 0.717) is 5.69 Å². The number of aryl methyl sites for hydroxylation is 1. The van der Waals surface area contributed by atoms with Crippen LogP contribution in [0.4, 0.5) is 5.69 Å². The zero-order valence-electron chi connectivity index (χ0n) is 11.2. The molecule has 110 valence electrons. The molecule has 8 nitrogen and oxygen atoms in total. The van der Waals surface area contributed by atoms with E-state index >= 15 is 0 Å². The van der Waals surface area contributed by atoms with Gasteiger partial charge in [-0.3, -0.25) is 9.59 Å². The third kappa shape index (κ3) is 4.56. The third-order valence-electron chi connectivity index (χ3n) is 2.42. The van der Waals surface area contributed by atoms with Gasteiger partial charge in [0, 0.05) is 5.69 Å². The zero-order chi connectivity index (χ0) is 15.2. The van der Waals surface area contributed by atoms with Gasteiger partial charge in [-0.05, 0) is 35.0 Å². The van der Waals surface area contributed by atoms with Gasteiger partial charge in [-0.2, -0.15) is 0 Å². The smallest absolute Gasteiger partial charge is 0.325 e. The number of thioether (sulfide) groups is 1. The summed E-state index contributed by atoms with van der Waals surface area (Å²) in [6.07, 6.45) is 0. The predicted octanol–water partition coefficient (Wildman–Crippen LogP) is 0.797. The molecule has 0 unspecified atom stereocenters. The molecule has 0 aliphatic rings. The van der Waals surface area contributed by atoms with Crippen molar-refractivity contribution >= 4 is 29.3 Å². The summed E-state index contributed by atoms with van der Waals surface area (Å²) in [5.74, 6) is -1.17. The summed E-state index contributed by atoms with van der Waals surface area (Å²) in [5, 5.41) is 22.4. The summed E-state index contributed by atoms with van der Waals surface area (Å²) in [5.41, 5.74) is 1.76. The van der Waals surface area contributed by atoms with Crippen LogP contribution in [0.3, 0.4) is 0 Å². The lowest BCUT2D eigenvalue weighted by Gasteiger charge is -2.05. The number of carbonyl (C=O) groups excluding carboxylic acids is 1. The average molecular weight is 307 g/mol. The summed E-state index contributed by atoms with van der Waals surface area (Å²) in [7, 11) is 0. The van der Waals surface area contributed by atoms with Crippen LogP contribution in [0.5, 0.6) is 0 Å². The highest BCUT2D eigenvalue weighted by Crippen LogP contribution is 2.15. The van der Waals surface area contributed by atoms with Crippen LogP contribution in [0.15, 0.2) is 29.4 Å². The molecule has 0 saturated carbocycles. The van der Waals surface area contributed by atoms with Gasteiger partial charge in [-0.25, -0.2) is 4.68 Å². The Bertz CT molecular complexity index is 658. The van der Waals surface area contributed by atoms with Gasteiger partial charge >= 0.3 is 5.97 Å². The lowest BCUT2D eigenvalue weighted by atomic mass is 10.2. The highest BCUT2D eigenvalue weighted by molar-refractivity contribution is 7.99. The third-order valence-corrected chi connectivity index (χ3v) is 3.38. The molecule has 1 amide bonds. The van der Waals surface area contributed by atoms with Crippen LogP contribution in [0, 0.1) is 6.92 Å². The van der Waals surface area contributed by atoms with E-state index in [1.54, 1.807) is 6.07 Å². The Morgan fingerprint density at radius 3 is 2.95 bits per heavy atom. The van der Waals surface area contributed by atoms with Crippen LogP contribution >= 0.6 is 11.8 Å². The first-order chi connectivity index (χ1) is 10.0. The molecular formula is C12H13N5O3S. The van der Waals surface area contributed by atoms with Crippen molar-refractivity contribution in [3.8, 4) is 0 Å². The molecule has 0 aliphatic carbocycles. The van der Waals surface area contributed by atoms with Crippen molar-refractivity contribution in [1.29, 1.82) is 0 Å². The predicted molar refractivity (Wildman–Crippen MR) is 76.0 cm³/mol. The minimum atomic E-state index is -1.05. The van der Waals surface area contributed by atoms with E-state index in [0.717, 1.165) is 22.0 Å². The maximum absolute atomic E-state index is 11.8. The van der Waals surface area contributed by atoms with Crippen molar-refractivity contribution in [2.24, 2.45) is 0 Å². The summed E-state index contributed by atoms with van der Waals surface area (Å²) in [6, 6.07) is 7.44. The van der Waals surface area contributed by atoms with Gasteiger partial charge in [-0.15, -0.1) is 5.10 Å². The minimum absolute atomic E-state index is 0.0912. The lowest BCUT2D eigenvalue weighted by Crippen LogP contribution is -2.16. The van der Waals surface area contributed by atoms with Crippen molar-refractivity contribution in [2.45, 2.75) is 18.6 Å². The van der Waals surface area contributed by atoms with Crippen LogP contribution in [0.1, 0.15) is 5.56 Å². The maximum Gasteiger partial charge on any atom is 0.325 e. The van der Waals surface area contributed by atoms with E-state index in [4.69, 9.17) is 5.11 Å². The number of rotatable bonds is 6. The summed E-state index contributed by atoms with van der Waals surface area (Å²) < 4.78 is 1.13. The number of anilines is 1. The Labute approximate surface area is 124 Å². The van der Waals surface area contributed by atoms with E-state index in [1.807, 2.05) is 25.1 Å². The number of nitrogens with zero attached hydrogens (tertiary/aromatic N) is 4. The van der Waals surface area contributed by atoms with Gasteiger partial charge in [0.05, 0.1) is 5.75 Å². The first-order valence-electron chi connectivity index (χ1n) is 6.02. The van der Waals surface area contributed by atoms with E-state index in [-0.39, 0.29) is 23.4 Å². The number of carboxylic acid groups (broad SMARTS) is 1. The molecule has 2 N–H and O–H groups in total. The van der Waals surface area contributed by atoms with Gasteiger partial charge in [0.2, 0.25) is 11.1 Å². The monoisotopic (exact) mass is 307 g/mol. The number of carbonyl (C=O) groups is 2. The molecule has 1 aromatic heterocycles. The highest BCUT2D eigenvalue weighted by atomic mass is 32.2. The van der Waals surface area contributed by atoms with Crippen LogP contribution in [0.2, 0.25) is 0 Å². The van der Waals surface area contributed by atoms with E-state index in [1.165, 1.54) is 0 Å². The molecule has 0 atom stereocenters. The second-order valence-electron chi connectivity index (χ2n) is 4.22. The Balaban J connectivity index is 1.89. The van der Waals surface area contributed by atoms with E-state index in [2.05, 4.69) is 20.8 Å². The van der Waals surface area contributed by atoms with E-state index < -0.39 is 5.97 Å². The molecule has 2 rings (SSSR count). The second-order valence-corrected chi connectivity index (χ2v) is 5.16. The molecule has 9 heteroatoms. The minimum Gasteiger partial charge on any atom is -0.480 e. The average Bonchev–Trinajstić information content (AvgIpc) is 2.83. The van der Waals surface area contributed by atoms with E-state index in [9.17, 15) is 9.59 Å². The van der Waals surface area contributed by atoms with Gasteiger partial charge in [0.1, 0.15) is 6.54 Å². The summed E-state index contributed by atoms with van der Waals surface area (Å²) >= 11 is 1.08. The fourth-order valence-corrected chi connectivity index (χ4v) is 2.25. The molecule has 1 heterocycles. The number of amides is 1. The number of benzene rings is 1. The number of carboxylic acids is 1. The largest absolute Gasteiger partial charge is 0.480 e.